The van der Waals surface area contributed by atoms with Crippen molar-refractivity contribution in [1.82, 2.24) is 14.1 Å². The van der Waals surface area contributed by atoms with Crippen molar-refractivity contribution < 1.29 is 17.9 Å². The molecule has 1 aromatic rings. The number of rotatable bonds is 4. The topological polar surface area (TPSA) is 47.0 Å². The highest BCUT2D eigenvalue weighted by atomic mass is 32.1. The first-order chi connectivity index (χ1) is 10.1. The van der Waals surface area contributed by atoms with Crippen LogP contribution in [0.5, 0.6) is 5.88 Å². The van der Waals surface area contributed by atoms with Gasteiger partial charge < -0.3 is 10.1 Å². The SMILES string of the molecule is FC(F)(F)CC#CCCOc1nsnc1C1=CCCNC1. The van der Waals surface area contributed by atoms with Crippen LogP contribution in [-0.4, -0.2) is 34.6 Å². The van der Waals surface area contributed by atoms with E-state index in [2.05, 4.69) is 32.0 Å². The Morgan fingerprint density at radius 2 is 2.19 bits per heavy atom. The van der Waals surface area contributed by atoms with Crippen molar-refractivity contribution in [2.75, 3.05) is 19.7 Å². The van der Waals surface area contributed by atoms with E-state index in [4.69, 9.17) is 4.74 Å². The van der Waals surface area contributed by atoms with Crippen LogP contribution >= 0.6 is 11.7 Å². The molecule has 0 aliphatic carbocycles. The van der Waals surface area contributed by atoms with Gasteiger partial charge in [0.2, 0.25) is 0 Å². The molecule has 21 heavy (non-hydrogen) atoms. The van der Waals surface area contributed by atoms with Crippen molar-refractivity contribution in [3.63, 3.8) is 0 Å². The summed E-state index contributed by atoms with van der Waals surface area (Å²) in [6.07, 6.45) is -2.09. The first-order valence-electron chi connectivity index (χ1n) is 6.44. The molecule has 0 radical (unpaired) electrons. The third-order valence-electron chi connectivity index (χ3n) is 2.67. The quantitative estimate of drug-likeness (QED) is 0.685. The van der Waals surface area contributed by atoms with Gasteiger partial charge in [0.05, 0.1) is 11.7 Å². The van der Waals surface area contributed by atoms with E-state index in [0.29, 0.717) is 18.1 Å². The van der Waals surface area contributed by atoms with Gasteiger partial charge in [-0.2, -0.15) is 17.5 Å². The minimum Gasteiger partial charge on any atom is -0.474 e. The molecule has 0 spiro atoms. The second-order valence-corrected chi connectivity index (χ2v) is 4.89. The molecule has 0 unspecified atom stereocenters. The summed E-state index contributed by atoms with van der Waals surface area (Å²) in [4.78, 5) is 0. The molecule has 0 atom stereocenters. The highest BCUT2D eigenvalue weighted by Crippen LogP contribution is 2.25. The predicted molar refractivity (Wildman–Crippen MR) is 73.9 cm³/mol. The smallest absolute Gasteiger partial charge is 0.399 e. The third-order valence-corrected chi connectivity index (χ3v) is 3.18. The van der Waals surface area contributed by atoms with E-state index < -0.39 is 12.6 Å². The Morgan fingerprint density at radius 1 is 1.33 bits per heavy atom. The molecule has 4 nitrogen and oxygen atoms in total. The van der Waals surface area contributed by atoms with Crippen LogP contribution in [0.4, 0.5) is 13.2 Å². The molecule has 8 heteroatoms. The number of nitrogens with one attached hydrogen (secondary N) is 1. The van der Waals surface area contributed by atoms with Gasteiger partial charge in [0.1, 0.15) is 18.7 Å². The van der Waals surface area contributed by atoms with Crippen molar-refractivity contribution >= 4 is 17.3 Å². The average molecular weight is 317 g/mol. The third kappa shape index (κ3) is 5.36. The number of aromatic nitrogens is 2. The number of ether oxygens (including phenoxy) is 1. The standard InChI is InChI=1S/C13H14F3N3OS/c14-13(15,16)6-2-1-3-8-20-12-11(18-21-19-12)10-5-4-7-17-9-10/h5,17H,3-4,6-9H2. The van der Waals surface area contributed by atoms with Crippen molar-refractivity contribution in [2.45, 2.75) is 25.4 Å². The molecule has 1 aromatic heterocycles. The molecule has 2 rings (SSSR count). The fourth-order valence-corrected chi connectivity index (χ4v) is 2.28. The summed E-state index contributed by atoms with van der Waals surface area (Å²) in [5.74, 6) is 4.93. The van der Waals surface area contributed by atoms with Crippen molar-refractivity contribution in [3.8, 4) is 17.7 Å². The number of nitrogens with zero attached hydrogens (tertiary/aromatic N) is 2. The Labute approximate surface area is 124 Å². The largest absolute Gasteiger partial charge is 0.474 e. The summed E-state index contributed by atoms with van der Waals surface area (Å²) in [6, 6.07) is 0. The summed E-state index contributed by atoms with van der Waals surface area (Å²) in [6.45, 7) is 1.85. The first-order valence-corrected chi connectivity index (χ1v) is 7.17. The second kappa shape index (κ2) is 7.43. The molecule has 2 heterocycles. The molecule has 0 saturated carbocycles. The van der Waals surface area contributed by atoms with Crippen LogP contribution in [0, 0.1) is 11.8 Å². The predicted octanol–water partition coefficient (Wildman–Crippen LogP) is 2.64. The van der Waals surface area contributed by atoms with E-state index in [1.807, 2.05) is 0 Å². The molecule has 0 bridgehead atoms. The monoisotopic (exact) mass is 317 g/mol. The van der Waals surface area contributed by atoms with Gasteiger partial charge >= 0.3 is 6.18 Å². The Morgan fingerprint density at radius 3 is 2.90 bits per heavy atom. The van der Waals surface area contributed by atoms with E-state index >= 15 is 0 Å². The highest BCUT2D eigenvalue weighted by molar-refractivity contribution is 6.99. The van der Waals surface area contributed by atoms with Crippen LogP contribution in [0.15, 0.2) is 6.08 Å². The molecular weight excluding hydrogens is 303 g/mol. The van der Waals surface area contributed by atoms with E-state index in [1.165, 1.54) is 0 Å². The lowest BCUT2D eigenvalue weighted by Gasteiger charge is -2.12. The lowest BCUT2D eigenvalue weighted by atomic mass is 10.1. The lowest BCUT2D eigenvalue weighted by molar-refractivity contribution is -0.123. The molecule has 1 N–H and O–H groups in total. The van der Waals surface area contributed by atoms with E-state index in [-0.39, 0.29) is 13.0 Å². The molecule has 0 aromatic carbocycles. The van der Waals surface area contributed by atoms with Gasteiger partial charge in [0.25, 0.3) is 5.88 Å². The van der Waals surface area contributed by atoms with Gasteiger partial charge in [-0.1, -0.05) is 17.9 Å². The van der Waals surface area contributed by atoms with Crippen LogP contribution < -0.4 is 10.1 Å². The highest BCUT2D eigenvalue weighted by Gasteiger charge is 2.25. The minimum absolute atomic E-state index is 0.198. The van der Waals surface area contributed by atoms with Gasteiger partial charge in [0, 0.05) is 13.0 Å². The van der Waals surface area contributed by atoms with Crippen LogP contribution in [0.3, 0.4) is 0 Å². The van der Waals surface area contributed by atoms with Gasteiger partial charge in [0.15, 0.2) is 0 Å². The van der Waals surface area contributed by atoms with Gasteiger partial charge in [-0.15, -0.1) is 4.37 Å². The molecule has 0 saturated heterocycles. The Balaban J connectivity index is 1.82. The maximum absolute atomic E-state index is 11.9. The summed E-state index contributed by atoms with van der Waals surface area (Å²) < 4.78 is 49.4. The van der Waals surface area contributed by atoms with Crippen molar-refractivity contribution in [1.29, 1.82) is 0 Å². The normalized spacial score (nSPS) is 15.1. The van der Waals surface area contributed by atoms with Crippen LogP contribution in [-0.2, 0) is 0 Å². The molecule has 1 aliphatic heterocycles. The Bertz CT molecular complexity index is 557. The first kappa shape index (κ1) is 15.8. The molecular formula is C13H14F3N3OS. The fourth-order valence-electron chi connectivity index (χ4n) is 1.75. The van der Waals surface area contributed by atoms with Crippen LogP contribution in [0.2, 0.25) is 0 Å². The summed E-state index contributed by atoms with van der Waals surface area (Å²) >= 11 is 1.05. The van der Waals surface area contributed by atoms with Gasteiger partial charge in [-0.25, -0.2) is 0 Å². The molecule has 0 fully saturated rings. The van der Waals surface area contributed by atoms with E-state index in [1.54, 1.807) is 0 Å². The number of hydrogen-bond donors (Lipinski definition) is 1. The zero-order valence-corrected chi connectivity index (χ0v) is 12.0. The van der Waals surface area contributed by atoms with Gasteiger partial charge in [-0.05, 0) is 18.5 Å². The number of hydrogen-bond acceptors (Lipinski definition) is 5. The van der Waals surface area contributed by atoms with Crippen LogP contribution in [0.25, 0.3) is 5.57 Å². The molecule has 114 valence electrons. The number of halogens is 3. The second-order valence-electron chi connectivity index (χ2n) is 4.36. The maximum atomic E-state index is 11.9. The Hall–Kier alpha value is -1.59. The lowest BCUT2D eigenvalue weighted by Crippen LogP contribution is -2.21. The molecule has 1 aliphatic rings. The van der Waals surface area contributed by atoms with E-state index in [0.717, 1.165) is 30.3 Å². The Kier molecular flexibility index (Phi) is 5.59. The van der Waals surface area contributed by atoms with Crippen molar-refractivity contribution in [3.05, 3.63) is 11.8 Å². The number of alkyl halides is 3. The van der Waals surface area contributed by atoms with E-state index in [9.17, 15) is 13.2 Å². The molecule has 0 amide bonds. The maximum Gasteiger partial charge on any atom is 0.399 e. The minimum atomic E-state index is -4.24. The van der Waals surface area contributed by atoms with Gasteiger partial charge in [-0.3, -0.25) is 0 Å². The van der Waals surface area contributed by atoms with Crippen molar-refractivity contribution in [2.24, 2.45) is 0 Å². The average Bonchev–Trinajstić information content (AvgIpc) is 2.91. The zero-order chi connectivity index (χ0) is 15.1. The fraction of sp³-hybridized carbons (Fsp3) is 0.538. The van der Waals surface area contributed by atoms with Crippen LogP contribution in [0.1, 0.15) is 25.0 Å². The summed E-state index contributed by atoms with van der Waals surface area (Å²) in [5, 5.41) is 3.23. The summed E-state index contributed by atoms with van der Waals surface area (Å²) in [7, 11) is 0. The zero-order valence-electron chi connectivity index (χ0n) is 11.2. The summed E-state index contributed by atoms with van der Waals surface area (Å²) in [5.41, 5.74) is 1.74.